The Morgan fingerprint density at radius 2 is 2.13 bits per heavy atom. The van der Waals surface area contributed by atoms with Crippen molar-refractivity contribution in [2.75, 3.05) is 13.7 Å². The van der Waals surface area contributed by atoms with E-state index in [-0.39, 0.29) is 12.5 Å². The van der Waals surface area contributed by atoms with Crippen LogP contribution in [0.5, 0.6) is 5.75 Å². The lowest BCUT2D eigenvalue weighted by molar-refractivity contribution is -0.132. The van der Waals surface area contributed by atoms with Gasteiger partial charge >= 0.3 is 0 Å². The maximum atomic E-state index is 12.2. The van der Waals surface area contributed by atoms with Crippen molar-refractivity contribution >= 4 is 5.91 Å². The average molecular weight is 315 g/mol. The zero-order chi connectivity index (χ0) is 17.0. The molecule has 2 rings (SSSR count). The standard InChI is InChI=1S/C18H25N3O2/c1-13(2)16-7-6-14(3)17(8-16)23-12-18(22)20(4)10-15-9-19-21(5)11-15/h6-9,11,13H,10,12H2,1-5H3. The van der Waals surface area contributed by atoms with Crippen LogP contribution in [0, 0.1) is 6.92 Å². The van der Waals surface area contributed by atoms with Crippen LogP contribution in [-0.2, 0) is 18.4 Å². The molecule has 0 radical (unpaired) electrons. The first kappa shape index (κ1) is 17.1. The fourth-order valence-corrected chi connectivity index (χ4v) is 2.30. The fourth-order valence-electron chi connectivity index (χ4n) is 2.30. The van der Waals surface area contributed by atoms with Crippen LogP contribution in [0.3, 0.4) is 0 Å². The molecule has 1 aromatic carbocycles. The van der Waals surface area contributed by atoms with Gasteiger partial charge in [0.2, 0.25) is 0 Å². The highest BCUT2D eigenvalue weighted by molar-refractivity contribution is 5.77. The van der Waals surface area contributed by atoms with E-state index in [9.17, 15) is 4.79 Å². The van der Waals surface area contributed by atoms with Crippen molar-refractivity contribution in [1.29, 1.82) is 0 Å². The summed E-state index contributed by atoms with van der Waals surface area (Å²) in [6.45, 7) is 6.84. The van der Waals surface area contributed by atoms with E-state index < -0.39 is 0 Å². The largest absolute Gasteiger partial charge is 0.483 e. The van der Waals surface area contributed by atoms with Crippen molar-refractivity contribution in [3.05, 3.63) is 47.3 Å². The van der Waals surface area contributed by atoms with Crippen molar-refractivity contribution in [3.8, 4) is 5.75 Å². The minimum atomic E-state index is -0.0526. The molecule has 5 nitrogen and oxygen atoms in total. The van der Waals surface area contributed by atoms with Crippen LogP contribution in [0.25, 0.3) is 0 Å². The molecule has 0 N–H and O–H groups in total. The number of benzene rings is 1. The molecule has 5 heteroatoms. The Bertz CT molecular complexity index is 677. The molecule has 0 spiro atoms. The number of carbonyl (C=O) groups is 1. The highest BCUT2D eigenvalue weighted by atomic mass is 16.5. The quantitative estimate of drug-likeness (QED) is 0.823. The molecule has 0 unspecified atom stereocenters. The predicted octanol–water partition coefficient (Wildman–Crippen LogP) is 2.89. The molecular formula is C18H25N3O2. The van der Waals surface area contributed by atoms with Gasteiger partial charge in [-0.3, -0.25) is 9.48 Å². The Kier molecular flexibility index (Phi) is 5.42. The molecule has 2 aromatic rings. The van der Waals surface area contributed by atoms with E-state index in [1.165, 1.54) is 5.56 Å². The Labute approximate surface area is 137 Å². The van der Waals surface area contributed by atoms with Crippen LogP contribution in [0.2, 0.25) is 0 Å². The van der Waals surface area contributed by atoms with Gasteiger partial charge in [0.05, 0.1) is 6.20 Å². The number of amides is 1. The number of hydrogen-bond acceptors (Lipinski definition) is 3. The number of aromatic nitrogens is 2. The Balaban J connectivity index is 1.94. The number of rotatable bonds is 6. The van der Waals surface area contributed by atoms with Gasteiger partial charge in [-0.15, -0.1) is 0 Å². The number of ether oxygens (including phenoxy) is 1. The first-order chi connectivity index (χ1) is 10.9. The molecule has 0 saturated heterocycles. The Morgan fingerprint density at radius 3 is 2.74 bits per heavy atom. The van der Waals surface area contributed by atoms with E-state index in [2.05, 4.69) is 25.0 Å². The van der Waals surface area contributed by atoms with E-state index in [1.807, 2.05) is 32.3 Å². The van der Waals surface area contributed by atoms with E-state index in [1.54, 1.807) is 22.8 Å². The molecule has 0 aliphatic heterocycles. The van der Waals surface area contributed by atoms with Gasteiger partial charge in [-0.1, -0.05) is 26.0 Å². The van der Waals surface area contributed by atoms with Crippen molar-refractivity contribution < 1.29 is 9.53 Å². The summed E-state index contributed by atoms with van der Waals surface area (Å²) in [5, 5.41) is 4.11. The van der Waals surface area contributed by atoms with Crippen LogP contribution in [0.4, 0.5) is 0 Å². The third kappa shape index (κ3) is 4.58. The predicted molar refractivity (Wildman–Crippen MR) is 90.4 cm³/mol. The lowest BCUT2D eigenvalue weighted by Gasteiger charge is -2.18. The molecule has 1 aromatic heterocycles. The minimum Gasteiger partial charge on any atom is -0.483 e. The van der Waals surface area contributed by atoms with Gasteiger partial charge in [-0.25, -0.2) is 0 Å². The fraction of sp³-hybridized carbons (Fsp3) is 0.444. The van der Waals surface area contributed by atoms with Gasteiger partial charge in [0.15, 0.2) is 6.61 Å². The topological polar surface area (TPSA) is 47.4 Å². The summed E-state index contributed by atoms with van der Waals surface area (Å²) in [4.78, 5) is 13.9. The second-order valence-corrected chi connectivity index (χ2v) is 6.24. The molecular weight excluding hydrogens is 290 g/mol. The third-order valence-corrected chi connectivity index (χ3v) is 3.83. The first-order valence-corrected chi connectivity index (χ1v) is 7.81. The maximum absolute atomic E-state index is 12.2. The van der Waals surface area contributed by atoms with Gasteiger partial charge in [0.25, 0.3) is 5.91 Å². The number of hydrogen-bond donors (Lipinski definition) is 0. The molecule has 23 heavy (non-hydrogen) atoms. The highest BCUT2D eigenvalue weighted by Gasteiger charge is 2.12. The van der Waals surface area contributed by atoms with E-state index in [0.29, 0.717) is 12.5 Å². The third-order valence-electron chi connectivity index (χ3n) is 3.83. The summed E-state index contributed by atoms with van der Waals surface area (Å²) in [6, 6.07) is 6.16. The smallest absolute Gasteiger partial charge is 0.260 e. The number of likely N-dealkylation sites (N-methyl/N-ethyl adjacent to an activating group) is 1. The van der Waals surface area contributed by atoms with Gasteiger partial charge < -0.3 is 9.64 Å². The summed E-state index contributed by atoms with van der Waals surface area (Å²) in [6.07, 6.45) is 3.67. The summed E-state index contributed by atoms with van der Waals surface area (Å²) in [5.41, 5.74) is 3.25. The van der Waals surface area contributed by atoms with Crippen LogP contribution in [0.1, 0.15) is 36.5 Å². The maximum Gasteiger partial charge on any atom is 0.260 e. The van der Waals surface area contributed by atoms with E-state index >= 15 is 0 Å². The second-order valence-electron chi connectivity index (χ2n) is 6.24. The summed E-state index contributed by atoms with van der Waals surface area (Å²) >= 11 is 0. The molecule has 0 atom stereocenters. The van der Waals surface area contributed by atoms with Gasteiger partial charge in [-0.05, 0) is 30.0 Å². The molecule has 0 aliphatic rings. The molecule has 0 bridgehead atoms. The van der Waals surface area contributed by atoms with Gasteiger partial charge in [0, 0.05) is 32.4 Å². The van der Waals surface area contributed by atoms with Crippen LogP contribution >= 0.6 is 0 Å². The van der Waals surface area contributed by atoms with Crippen molar-refractivity contribution in [1.82, 2.24) is 14.7 Å². The summed E-state index contributed by atoms with van der Waals surface area (Å²) in [7, 11) is 3.63. The SMILES string of the molecule is Cc1ccc(C(C)C)cc1OCC(=O)N(C)Cc1cnn(C)c1. The van der Waals surface area contributed by atoms with Gasteiger partial charge in [0.1, 0.15) is 5.75 Å². The molecule has 1 heterocycles. The van der Waals surface area contributed by atoms with Crippen molar-refractivity contribution in [3.63, 3.8) is 0 Å². The van der Waals surface area contributed by atoms with Crippen molar-refractivity contribution in [2.45, 2.75) is 33.2 Å². The molecule has 0 fully saturated rings. The number of carbonyl (C=O) groups excluding carboxylic acids is 1. The highest BCUT2D eigenvalue weighted by Crippen LogP contribution is 2.24. The monoisotopic (exact) mass is 315 g/mol. The summed E-state index contributed by atoms with van der Waals surface area (Å²) in [5.74, 6) is 1.16. The van der Waals surface area contributed by atoms with Crippen LogP contribution < -0.4 is 4.74 Å². The lowest BCUT2D eigenvalue weighted by atomic mass is 10.0. The normalized spacial score (nSPS) is 10.9. The van der Waals surface area contributed by atoms with Crippen LogP contribution in [-0.4, -0.2) is 34.2 Å². The van der Waals surface area contributed by atoms with E-state index in [0.717, 1.165) is 16.9 Å². The number of aryl methyl sites for hydroxylation is 2. The summed E-state index contributed by atoms with van der Waals surface area (Å²) < 4.78 is 7.47. The molecule has 1 amide bonds. The Hall–Kier alpha value is -2.30. The number of nitrogens with zero attached hydrogens (tertiary/aromatic N) is 3. The lowest BCUT2D eigenvalue weighted by Crippen LogP contribution is -2.31. The first-order valence-electron chi connectivity index (χ1n) is 7.81. The van der Waals surface area contributed by atoms with Crippen molar-refractivity contribution in [2.24, 2.45) is 7.05 Å². The van der Waals surface area contributed by atoms with E-state index in [4.69, 9.17) is 4.74 Å². The second kappa shape index (κ2) is 7.31. The molecule has 0 saturated carbocycles. The molecule has 124 valence electrons. The zero-order valence-corrected chi connectivity index (χ0v) is 14.5. The van der Waals surface area contributed by atoms with Crippen LogP contribution in [0.15, 0.2) is 30.6 Å². The molecule has 0 aliphatic carbocycles. The average Bonchev–Trinajstić information content (AvgIpc) is 2.90. The Morgan fingerprint density at radius 1 is 1.39 bits per heavy atom. The minimum absolute atomic E-state index is 0.0408. The zero-order valence-electron chi connectivity index (χ0n) is 14.5. The van der Waals surface area contributed by atoms with Gasteiger partial charge in [-0.2, -0.15) is 5.10 Å².